The number of amides is 1. The van der Waals surface area contributed by atoms with Gasteiger partial charge < -0.3 is 24.3 Å². The number of aromatic nitrogens is 1. The molecule has 1 aliphatic rings. The number of ether oxygens (including phenoxy) is 4. The van der Waals surface area contributed by atoms with Crippen LogP contribution >= 0.6 is 0 Å². The van der Waals surface area contributed by atoms with Gasteiger partial charge >= 0.3 is 11.9 Å². The maximum atomic E-state index is 13.4. The number of rotatable bonds is 9. The molecule has 1 aliphatic heterocycles. The average Bonchev–Trinajstić information content (AvgIpc) is 3.02. The van der Waals surface area contributed by atoms with Crippen LogP contribution in [-0.2, 0) is 25.5 Å². The largest absolute Gasteiger partial charge is 0.493 e. The molecule has 0 aliphatic carbocycles. The molecule has 1 saturated heterocycles. The topological polar surface area (TPSA) is 113 Å². The van der Waals surface area contributed by atoms with E-state index in [2.05, 4.69) is 34.6 Å². The summed E-state index contributed by atoms with van der Waals surface area (Å²) in [7, 11) is 1.42. The lowest BCUT2D eigenvalue weighted by Crippen LogP contribution is -2.43. The van der Waals surface area contributed by atoms with Gasteiger partial charge in [0.25, 0.3) is 5.91 Å². The third-order valence-electron chi connectivity index (χ3n) is 7.27. The summed E-state index contributed by atoms with van der Waals surface area (Å²) in [6.45, 7) is 2.74. The van der Waals surface area contributed by atoms with E-state index in [0.717, 1.165) is 18.4 Å². The lowest BCUT2D eigenvalue weighted by atomic mass is 9.76. The first kappa shape index (κ1) is 29.6. The van der Waals surface area contributed by atoms with Crippen LogP contribution in [0.25, 0.3) is 0 Å². The lowest BCUT2D eigenvalue weighted by Gasteiger charge is -2.32. The van der Waals surface area contributed by atoms with Crippen molar-refractivity contribution in [2.45, 2.75) is 57.6 Å². The molecule has 2 heterocycles. The number of hydrogen-bond acceptors (Lipinski definition) is 8. The van der Waals surface area contributed by atoms with Gasteiger partial charge in [0.15, 0.2) is 17.2 Å². The van der Waals surface area contributed by atoms with Crippen LogP contribution in [0.1, 0.15) is 60.6 Å². The van der Waals surface area contributed by atoms with Crippen LogP contribution in [0.4, 0.5) is 0 Å². The Labute approximate surface area is 240 Å². The first-order valence-electron chi connectivity index (χ1n) is 13.8. The Balaban J connectivity index is 1.55. The summed E-state index contributed by atoms with van der Waals surface area (Å²) in [6.07, 6.45) is 3.77. The van der Waals surface area contributed by atoms with Gasteiger partial charge in [-0.05, 0) is 43.2 Å². The Hall–Kier alpha value is -4.40. The van der Waals surface area contributed by atoms with E-state index in [1.807, 2.05) is 43.3 Å². The molecule has 2 aromatic carbocycles. The Kier molecular flexibility index (Phi) is 10.3. The summed E-state index contributed by atoms with van der Waals surface area (Å²) >= 11 is 0. The second-order valence-corrected chi connectivity index (χ2v) is 10.1. The molecule has 4 rings (SSSR count). The first-order chi connectivity index (χ1) is 19.9. The van der Waals surface area contributed by atoms with Gasteiger partial charge in [-0.3, -0.25) is 9.59 Å². The van der Waals surface area contributed by atoms with Crippen molar-refractivity contribution in [2.75, 3.05) is 13.9 Å². The second kappa shape index (κ2) is 14.3. The standard InChI is InChI=1S/C32H36N2O7/c1-21-28(24-13-8-5-9-14-24)25(19-23-11-6-4-7-12-23)15-10-16-26(32(37)41-21)34-31(36)29-30(40-20-39-22(2)35)27(38-3)17-18-33-29/h4-9,11-14,17-18,21,25-26,28H,10,15-16,19-20H2,1-3H3,(H,34,36)/t21-,25+,26-,28+/m0/s1. The molecule has 1 fully saturated rings. The zero-order chi connectivity index (χ0) is 29.2. The van der Waals surface area contributed by atoms with Crippen molar-refractivity contribution in [1.82, 2.24) is 10.3 Å². The normalized spacial score (nSPS) is 20.9. The number of pyridine rings is 1. The van der Waals surface area contributed by atoms with Gasteiger partial charge in [-0.1, -0.05) is 67.1 Å². The molecule has 9 nitrogen and oxygen atoms in total. The van der Waals surface area contributed by atoms with Crippen LogP contribution in [0.3, 0.4) is 0 Å². The number of carbonyl (C=O) groups excluding carboxylic acids is 3. The average molecular weight is 561 g/mol. The Morgan fingerprint density at radius 1 is 1.02 bits per heavy atom. The molecule has 1 amide bonds. The highest BCUT2D eigenvalue weighted by Gasteiger charge is 2.35. The van der Waals surface area contributed by atoms with E-state index >= 15 is 0 Å². The molecule has 4 atom stereocenters. The monoisotopic (exact) mass is 560 g/mol. The second-order valence-electron chi connectivity index (χ2n) is 10.1. The van der Waals surface area contributed by atoms with Crippen LogP contribution < -0.4 is 14.8 Å². The predicted octanol–water partition coefficient (Wildman–Crippen LogP) is 4.85. The number of benzene rings is 2. The smallest absolute Gasteiger partial charge is 0.328 e. The van der Waals surface area contributed by atoms with Gasteiger partial charge in [-0.2, -0.15) is 0 Å². The SMILES string of the molecule is COc1ccnc(C(=O)N[C@H]2CCC[C@H](Cc3ccccc3)[C@@H](c3ccccc3)[C@H](C)OC2=O)c1OCOC(C)=O. The fraction of sp³-hybridized carbons (Fsp3) is 0.375. The Morgan fingerprint density at radius 3 is 2.41 bits per heavy atom. The highest BCUT2D eigenvalue weighted by Crippen LogP contribution is 2.37. The fourth-order valence-electron chi connectivity index (χ4n) is 5.39. The van der Waals surface area contributed by atoms with E-state index in [0.29, 0.717) is 12.8 Å². The van der Waals surface area contributed by atoms with E-state index in [-0.39, 0.29) is 29.0 Å². The highest BCUT2D eigenvalue weighted by atomic mass is 16.7. The van der Waals surface area contributed by atoms with Gasteiger partial charge in [0.1, 0.15) is 12.1 Å². The number of nitrogens with one attached hydrogen (secondary N) is 1. The molecular weight excluding hydrogens is 524 g/mol. The van der Waals surface area contributed by atoms with Crippen molar-refractivity contribution in [3.8, 4) is 11.5 Å². The molecule has 0 saturated carbocycles. The Morgan fingerprint density at radius 2 is 1.73 bits per heavy atom. The fourth-order valence-corrected chi connectivity index (χ4v) is 5.39. The molecule has 0 radical (unpaired) electrons. The van der Waals surface area contributed by atoms with Crippen molar-refractivity contribution in [1.29, 1.82) is 0 Å². The minimum atomic E-state index is -0.883. The van der Waals surface area contributed by atoms with Gasteiger partial charge in [-0.15, -0.1) is 0 Å². The number of nitrogens with zero attached hydrogens (tertiary/aromatic N) is 1. The number of esters is 2. The van der Waals surface area contributed by atoms with Crippen LogP contribution in [0.2, 0.25) is 0 Å². The van der Waals surface area contributed by atoms with Crippen molar-refractivity contribution in [3.05, 3.63) is 89.7 Å². The van der Waals surface area contributed by atoms with E-state index in [1.54, 1.807) is 0 Å². The minimum Gasteiger partial charge on any atom is -0.493 e. The molecule has 0 bridgehead atoms. The van der Waals surface area contributed by atoms with Crippen LogP contribution in [0.15, 0.2) is 72.9 Å². The molecule has 0 unspecified atom stereocenters. The van der Waals surface area contributed by atoms with Crippen LogP contribution in [0, 0.1) is 5.92 Å². The summed E-state index contributed by atoms with van der Waals surface area (Å²) in [5.41, 5.74) is 2.25. The van der Waals surface area contributed by atoms with Gasteiger partial charge in [0.05, 0.1) is 7.11 Å². The van der Waals surface area contributed by atoms with Gasteiger partial charge in [0.2, 0.25) is 6.79 Å². The van der Waals surface area contributed by atoms with Crippen molar-refractivity contribution >= 4 is 17.8 Å². The molecule has 1 N–H and O–H groups in total. The molecular formula is C32H36N2O7. The number of hydrogen-bond donors (Lipinski definition) is 1. The highest BCUT2D eigenvalue weighted by molar-refractivity contribution is 5.98. The molecule has 1 aromatic heterocycles. The van der Waals surface area contributed by atoms with Crippen molar-refractivity contribution in [3.63, 3.8) is 0 Å². The minimum absolute atomic E-state index is 0.00520. The molecule has 3 aromatic rings. The molecule has 41 heavy (non-hydrogen) atoms. The predicted molar refractivity (Wildman–Crippen MR) is 152 cm³/mol. The van der Waals surface area contributed by atoms with Gasteiger partial charge in [0, 0.05) is 25.1 Å². The lowest BCUT2D eigenvalue weighted by molar-refractivity contribution is -0.152. The summed E-state index contributed by atoms with van der Waals surface area (Å²) in [5, 5.41) is 2.79. The van der Waals surface area contributed by atoms with E-state index in [1.165, 1.54) is 31.9 Å². The quantitative estimate of drug-likeness (QED) is 0.292. The number of carbonyl (C=O) groups is 3. The van der Waals surface area contributed by atoms with Crippen molar-refractivity contribution < 1.29 is 33.3 Å². The van der Waals surface area contributed by atoms with Gasteiger partial charge in [-0.25, -0.2) is 9.78 Å². The third-order valence-corrected chi connectivity index (χ3v) is 7.27. The number of cyclic esters (lactones) is 1. The number of methoxy groups -OCH3 is 1. The van der Waals surface area contributed by atoms with E-state index in [4.69, 9.17) is 18.9 Å². The maximum Gasteiger partial charge on any atom is 0.328 e. The zero-order valence-electron chi connectivity index (χ0n) is 23.6. The van der Waals surface area contributed by atoms with E-state index < -0.39 is 36.8 Å². The summed E-state index contributed by atoms with van der Waals surface area (Å²) in [4.78, 5) is 42.1. The summed E-state index contributed by atoms with van der Waals surface area (Å²) in [6, 6.07) is 21.1. The van der Waals surface area contributed by atoms with Crippen LogP contribution in [0.5, 0.6) is 11.5 Å². The summed E-state index contributed by atoms with van der Waals surface area (Å²) in [5.74, 6) is -1.23. The van der Waals surface area contributed by atoms with E-state index in [9.17, 15) is 14.4 Å². The molecule has 0 spiro atoms. The molecule has 216 valence electrons. The Bertz CT molecular complexity index is 1320. The first-order valence-corrected chi connectivity index (χ1v) is 13.8. The third kappa shape index (κ3) is 7.84. The molecule has 9 heteroatoms. The summed E-state index contributed by atoms with van der Waals surface area (Å²) < 4.78 is 21.7. The van der Waals surface area contributed by atoms with Crippen molar-refractivity contribution in [2.24, 2.45) is 5.92 Å². The van der Waals surface area contributed by atoms with Crippen LogP contribution in [-0.4, -0.2) is 48.9 Å². The maximum absolute atomic E-state index is 13.4. The zero-order valence-corrected chi connectivity index (χ0v) is 23.6.